The van der Waals surface area contributed by atoms with Gasteiger partial charge in [-0.2, -0.15) is 0 Å². The van der Waals surface area contributed by atoms with E-state index in [1.807, 2.05) is 40.1 Å². The summed E-state index contributed by atoms with van der Waals surface area (Å²) in [6, 6.07) is 9.77. The lowest BCUT2D eigenvalue weighted by atomic mass is 9.81. The number of carbonyl (C=O) groups is 3. The minimum atomic E-state index is -0.758. The Hall–Kier alpha value is -2.41. The molecule has 0 aromatic heterocycles. The van der Waals surface area contributed by atoms with E-state index < -0.39 is 5.97 Å². The van der Waals surface area contributed by atoms with Crippen LogP contribution in [0.15, 0.2) is 30.3 Å². The van der Waals surface area contributed by atoms with Crippen LogP contribution in [-0.2, 0) is 20.8 Å². The molecule has 1 aromatic carbocycles. The van der Waals surface area contributed by atoms with Crippen LogP contribution in [0.1, 0.15) is 38.2 Å². The van der Waals surface area contributed by atoms with Crippen molar-refractivity contribution in [2.24, 2.45) is 11.8 Å². The summed E-state index contributed by atoms with van der Waals surface area (Å²) in [5, 5.41) is 9.36. The number of carboxylic acid groups (broad SMARTS) is 1. The van der Waals surface area contributed by atoms with E-state index in [4.69, 9.17) is 0 Å². The highest BCUT2D eigenvalue weighted by atomic mass is 16.4. The maximum atomic E-state index is 12.9. The third-order valence-corrected chi connectivity index (χ3v) is 6.73. The van der Waals surface area contributed by atoms with E-state index in [2.05, 4.69) is 4.90 Å². The number of hydrogen-bond donors (Lipinski definition) is 1. The van der Waals surface area contributed by atoms with Crippen LogP contribution < -0.4 is 0 Å². The Morgan fingerprint density at radius 3 is 2.45 bits per heavy atom. The Balaban J connectivity index is 1.57. The monoisotopic (exact) mass is 429 g/mol. The maximum Gasteiger partial charge on any atom is 0.303 e. The standard InChI is InChI=1S/C24H35N3O4/c1-19(28)26-11-5-10-25(14-15-26)12-8-22-18-27(13-9-21(22)17-24(30)31)23(29)16-20-6-3-2-4-7-20/h2-4,6-7,21-22H,5,8-18H2,1H3,(H,30,31). The molecule has 0 bridgehead atoms. The summed E-state index contributed by atoms with van der Waals surface area (Å²) in [7, 11) is 0. The number of nitrogens with zero attached hydrogens (tertiary/aromatic N) is 3. The number of benzene rings is 1. The van der Waals surface area contributed by atoms with Gasteiger partial charge in [0.2, 0.25) is 11.8 Å². The van der Waals surface area contributed by atoms with Gasteiger partial charge in [0.1, 0.15) is 0 Å². The molecule has 31 heavy (non-hydrogen) atoms. The van der Waals surface area contributed by atoms with Gasteiger partial charge in [-0.25, -0.2) is 0 Å². The van der Waals surface area contributed by atoms with Crippen LogP contribution >= 0.6 is 0 Å². The van der Waals surface area contributed by atoms with E-state index in [-0.39, 0.29) is 30.1 Å². The van der Waals surface area contributed by atoms with E-state index >= 15 is 0 Å². The number of amides is 2. The van der Waals surface area contributed by atoms with Crippen molar-refractivity contribution in [2.45, 2.75) is 39.0 Å². The number of aliphatic carboxylic acids is 1. The van der Waals surface area contributed by atoms with Crippen molar-refractivity contribution in [2.75, 3.05) is 45.8 Å². The largest absolute Gasteiger partial charge is 0.481 e. The Labute approximate surface area is 185 Å². The van der Waals surface area contributed by atoms with E-state index in [0.717, 1.165) is 57.5 Å². The van der Waals surface area contributed by atoms with Gasteiger partial charge in [-0.1, -0.05) is 30.3 Å². The van der Waals surface area contributed by atoms with Gasteiger partial charge in [-0.05, 0) is 49.8 Å². The van der Waals surface area contributed by atoms with Gasteiger partial charge in [0.25, 0.3) is 0 Å². The minimum Gasteiger partial charge on any atom is -0.481 e. The minimum absolute atomic E-state index is 0.110. The van der Waals surface area contributed by atoms with Crippen molar-refractivity contribution in [1.29, 1.82) is 0 Å². The highest BCUT2D eigenvalue weighted by molar-refractivity contribution is 5.79. The fourth-order valence-electron chi connectivity index (χ4n) is 4.87. The first-order valence-electron chi connectivity index (χ1n) is 11.4. The molecular formula is C24H35N3O4. The van der Waals surface area contributed by atoms with Crippen LogP contribution in [0.25, 0.3) is 0 Å². The van der Waals surface area contributed by atoms with Crippen molar-refractivity contribution in [3.05, 3.63) is 35.9 Å². The lowest BCUT2D eigenvalue weighted by Crippen LogP contribution is -2.46. The molecule has 2 aliphatic heterocycles. The SMILES string of the molecule is CC(=O)N1CCCN(CCC2CN(C(=O)Cc3ccccc3)CCC2CC(=O)O)CC1. The molecule has 0 radical (unpaired) electrons. The summed E-state index contributed by atoms with van der Waals surface area (Å²) in [6.07, 6.45) is 3.15. The van der Waals surface area contributed by atoms with Gasteiger partial charge >= 0.3 is 5.97 Å². The quantitative estimate of drug-likeness (QED) is 0.718. The first kappa shape index (κ1) is 23.3. The van der Waals surface area contributed by atoms with Crippen LogP contribution in [0.2, 0.25) is 0 Å². The van der Waals surface area contributed by atoms with Crippen molar-refractivity contribution in [3.8, 4) is 0 Å². The zero-order valence-electron chi connectivity index (χ0n) is 18.5. The number of likely N-dealkylation sites (tertiary alicyclic amines) is 1. The predicted octanol–water partition coefficient (Wildman–Crippen LogP) is 2.11. The first-order chi connectivity index (χ1) is 14.9. The second-order valence-electron chi connectivity index (χ2n) is 8.90. The molecule has 3 rings (SSSR count). The van der Waals surface area contributed by atoms with Gasteiger partial charge in [-0.15, -0.1) is 0 Å². The molecule has 2 heterocycles. The van der Waals surface area contributed by atoms with Crippen LogP contribution in [0.4, 0.5) is 0 Å². The molecule has 0 aliphatic carbocycles. The molecular weight excluding hydrogens is 394 g/mol. The van der Waals surface area contributed by atoms with Crippen LogP contribution in [0.3, 0.4) is 0 Å². The van der Waals surface area contributed by atoms with E-state index in [1.54, 1.807) is 6.92 Å². The number of carboxylic acids is 1. The molecule has 2 fully saturated rings. The maximum absolute atomic E-state index is 12.9. The summed E-state index contributed by atoms with van der Waals surface area (Å²) < 4.78 is 0. The highest BCUT2D eigenvalue weighted by Crippen LogP contribution is 2.30. The normalized spacial score (nSPS) is 22.7. The Morgan fingerprint density at radius 1 is 0.968 bits per heavy atom. The van der Waals surface area contributed by atoms with Gasteiger partial charge < -0.3 is 19.8 Å². The fourth-order valence-corrected chi connectivity index (χ4v) is 4.87. The van der Waals surface area contributed by atoms with Gasteiger partial charge in [0.15, 0.2) is 0 Å². The molecule has 2 saturated heterocycles. The summed E-state index contributed by atoms with van der Waals surface area (Å²) in [5.74, 6) is -0.207. The van der Waals surface area contributed by atoms with E-state index in [1.165, 1.54) is 0 Å². The van der Waals surface area contributed by atoms with Crippen LogP contribution in [0.5, 0.6) is 0 Å². The van der Waals surface area contributed by atoms with Gasteiger partial charge in [-0.3, -0.25) is 14.4 Å². The molecule has 7 heteroatoms. The summed E-state index contributed by atoms with van der Waals surface area (Å²) in [6.45, 7) is 7.14. The lowest BCUT2D eigenvalue weighted by molar-refractivity contribution is -0.140. The Bertz CT molecular complexity index is 754. The number of hydrogen-bond acceptors (Lipinski definition) is 4. The van der Waals surface area contributed by atoms with Crippen molar-refractivity contribution < 1.29 is 19.5 Å². The summed E-state index contributed by atoms with van der Waals surface area (Å²) in [5.41, 5.74) is 1.01. The third-order valence-electron chi connectivity index (χ3n) is 6.73. The molecule has 1 aromatic rings. The average Bonchev–Trinajstić information content (AvgIpc) is 2.99. The molecule has 7 nitrogen and oxygen atoms in total. The van der Waals surface area contributed by atoms with E-state index in [0.29, 0.717) is 19.5 Å². The second-order valence-corrected chi connectivity index (χ2v) is 8.90. The number of rotatable bonds is 7. The molecule has 0 saturated carbocycles. The molecule has 2 unspecified atom stereocenters. The number of piperidine rings is 1. The Morgan fingerprint density at radius 2 is 1.74 bits per heavy atom. The Kier molecular flexibility index (Phi) is 8.46. The second kappa shape index (κ2) is 11.3. The first-order valence-corrected chi connectivity index (χ1v) is 11.4. The van der Waals surface area contributed by atoms with Gasteiger partial charge in [0.05, 0.1) is 6.42 Å². The molecule has 2 aliphatic rings. The zero-order chi connectivity index (χ0) is 22.2. The van der Waals surface area contributed by atoms with Crippen molar-refractivity contribution >= 4 is 17.8 Å². The fraction of sp³-hybridized carbons (Fsp3) is 0.625. The molecule has 2 amide bonds. The van der Waals surface area contributed by atoms with Crippen LogP contribution in [0, 0.1) is 11.8 Å². The predicted molar refractivity (Wildman–Crippen MR) is 119 cm³/mol. The smallest absolute Gasteiger partial charge is 0.303 e. The van der Waals surface area contributed by atoms with Crippen LogP contribution in [-0.4, -0.2) is 83.4 Å². The average molecular weight is 430 g/mol. The number of carbonyl (C=O) groups excluding carboxylic acids is 2. The summed E-state index contributed by atoms with van der Waals surface area (Å²) >= 11 is 0. The summed E-state index contributed by atoms with van der Waals surface area (Å²) in [4.78, 5) is 42.1. The van der Waals surface area contributed by atoms with E-state index in [9.17, 15) is 19.5 Å². The topological polar surface area (TPSA) is 81.2 Å². The zero-order valence-corrected chi connectivity index (χ0v) is 18.5. The lowest BCUT2D eigenvalue weighted by Gasteiger charge is -2.39. The van der Waals surface area contributed by atoms with Crippen molar-refractivity contribution in [3.63, 3.8) is 0 Å². The molecule has 1 N–H and O–H groups in total. The third kappa shape index (κ3) is 7.06. The molecule has 0 spiro atoms. The highest BCUT2D eigenvalue weighted by Gasteiger charge is 2.33. The molecule has 170 valence electrons. The van der Waals surface area contributed by atoms with Crippen molar-refractivity contribution in [1.82, 2.24) is 14.7 Å². The molecule has 2 atom stereocenters. The van der Waals surface area contributed by atoms with Gasteiger partial charge in [0, 0.05) is 46.1 Å².